The van der Waals surface area contributed by atoms with E-state index in [2.05, 4.69) is 16.0 Å². The normalized spacial score (nSPS) is 19.7. The van der Waals surface area contributed by atoms with E-state index >= 15 is 0 Å². The summed E-state index contributed by atoms with van der Waals surface area (Å²) in [5.41, 5.74) is 8.52. The van der Waals surface area contributed by atoms with Crippen molar-refractivity contribution in [1.29, 1.82) is 0 Å². The average Bonchev–Trinajstić information content (AvgIpc) is 2.56. The number of benzene rings is 1. The molecule has 0 spiro atoms. The van der Waals surface area contributed by atoms with Crippen LogP contribution in [-0.4, -0.2) is 35.6 Å². The first-order chi connectivity index (χ1) is 11.5. The van der Waals surface area contributed by atoms with Gasteiger partial charge in [-0.1, -0.05) is 29.8 Å². The van der Waals surface area contributed by atoms with E-state index in [1.165, 1.54) is 0 Å². The van der Waals surface area contributed by atoms with Gasteiger partial charge in [0, 0.05) is 6.20 Å². The first-order valence-corrected chi connectivity index (χ1v) is 7.58. The molecule has 1 aromatic carbocycles. The number of aliphatic imine (C=N–C) groups is 1. The van der Waals surface area contributed by atoms with Crippen molar-refractivity contribution in [2.24, 2.45) is 10.7 Å². The number of carbonyl (C=O) groups is 1. The number of nitrogens with two attached hydrogens (primary N) is 1. The van der Waals surface area contributed by atoms with E-state index in [0.717, 1.165) is 16.7 Å². The number of pyridine rings is 1. The summed E-state index contributed by atoms with van der Waals surface area (Å²) in [5, 5.41) is 7.37. The number of aromatic nitrogens is 1. The molecule has 0 bridgehead atoms. The van der Waals surface area contributed by atoms with Crippen molar-refractivity contribution >= 4 is 23.9 Å². The first-order valence-electron chi connectivity index (χ1n) is 7.21. The molecule has 7 heteroatoms. The quantitative estimate of drug-likeness (QED) is 0.643. The van der Waals surface area contributed by atoms with Gasteiger partial charge in [-0.25, -0.2) is 4.98 Å². The van der Waals surface area contributed by atoms with Crippen LogP contribution in [0.15, 0.2) is 47.6 Å². The van der Waals surface area contributed by atoms with Gasteiger partial charge < -0.3 is 15.6 Å². The lowest BCUT2D eigenvalue weighted by Crippen LogP contribution is -2.37. The maximum atomic E-state index is 8.36. The molecule has 1 atom stereocenters. The minimum Gasteiger partial charge on any atom is -0.483 e. The minimum absolute atomic E-state index is 0.250. The van der Waals surface area contributed by atoms with Crippen LogP contribution in [0.2, 0.25) is 5.15 Å². The first kappa shape index (κ1) is 17.9. The number of ether oxygens (including phenoxy) is 1. The maximum absolute atomic E-state index is 8.36. The van der Waals surface area contributed by atoms with Crippen LogP contribution in [0, 0.1) is 0 Å². The highest BCUT2D eigenvalue weighted by molar-refractivity contribution is 6.29. The molecule has 0 saturated heterocycles. The average molecular weight is 348 g/mol. The van der Waals surface area contributed by atoms with Crippen molar-refractivity contribution in [3.05, 3.63) is 53.3 Å². The summed E-state index contributed by atoms with van der Waals surface area (Å²) in [4.78, 5) is 16.9. The van der Waals surface area contributed by atoms with Gasteiger partial charge in [-0.3, -0.25) is 9.79 Å². The largest absolute Gasteiger partial charge is 0.483 e. The summed E-state index contributed by atoms with van der Waals surface area (Å²) >= 11 is 5.96. The Labute approximate surface area is 145 Å². The van der Waals surface area contributed by atoms with E-state index in [9.17, 15) is 0 Å². The second kappa shape index (κ2) is 7.90. The molecule has 0 fully saturated rings. The van der Waals surface area contributed by atoms with E-state index in [-0.39, 0.29) is 6.47 Å². The molecule has 24 heavy (non-hydrogen) atoms. The third kappa shape index (κ3) is 4.31. The Bertz CT molecular complexity index is 751. The Kier molecular flexibility index (Phi) is 5.89. The molecule has 1 aliphatic heterocycles. The predicted molar refractivity (Wildman–Crippen MR) is 93.2 cm³/mol. The predicted octanol–water partition coefficient (Wildman–Crippen LogP) is 2.71. The van der Waals surface area contributed by atoms with Gasteiger partial charge in [0.1, 0.15) is 23.1 Å². The standard InChI is InChI=1S/C16H16ClN3O.CH2O2/c1-16(10-21-9-15(18)20-16)13-4-2-3-11(7-13)12-5-6-19-14(17)8-12;2-1-3/h2-8H,9-10H2,1H3,(H2,18,20);1H,(H,2,3). The molecule has 3 N–H and O–H groups in total. The van der Waals surface area contributed by atoms with E-state index in [4.69, 9.17) is 32.0 Å². The van der Waals surface area contributed by atoms with Crippen molar-refractivity contribution < 1.29 is 14.6 Å². The molecule has 3 rings (SSSR count). The Balaban J connectivity index is 0.000000647. The second-order valence-electron chi connectivity index (χ2n) is 5.42. The summed E-state index contributed by atoms with van der Waals surface area (Å²) < 4.78 is 5.53. The fourth-order valence-corrected chi connectivity index (χ4v) is 2.67. The Morgan fingerprint density at radius 1 is 1.33 bits per heavy atom. The van der Waals surface area contributed by atoms with Crippen LogP contribution in [0.25, 0.3) is 11.1 Å². The van der Waals surface area contributed by atoms with Crippen LogP contribution < -0.4 is 5.73 Å². The highest BCUT2D eigenvalue weighted by Crippen LogP contribution is 2.31. The van der Waals surface area contributed by atoms with Crippen LogP contribution in [0.1, 0.15) is 12.5 Å². The summed E-state index contributed by atoms with van der Waals surface area (Å²) in [6, 6.07) is 12.0. The number of hydrogen-bond donors (Lipinski definition) is 2. The van der Waals surface area contributed by atoms with Crippen LogP contribution in [0.4, 0.5) is 0 Å². The number of carboxylic acid groups (broad SMARTS) is 1. The van der Waals surface area contributed by atoms with Gasteiger partial charge >= 0.3 is 0 Å². The highest BCUT2D eigenvalue weighted by atomic mass is 35.5. The van der Waals surface area contributed by atoms with E-state index in [1.54, 1.807) is 6.20 Å². The molecule has 2 heterocycles. The molecule has 126 valence electrons. The summed E-state index contributed by atoms with van der Waals surface area (Å²) in [7, 11) is 0. The molecular formula is C17H18ClN3O3. The third-order valence-electron chi connectivity index (χ3n) is 3.57. The van der Waals surface area contributed by atoms with Crippen molar-refractivity contribution in [1.82, 2.24) is 4.98 Å². The lowest BCUT2D eigenvalue weighted by Gasteiger charge is -2.30. The zero-order valence-electron chi connectivity index (χ0n) is 13.1. The Morgan fingerprint density at radius 3 is 2.71 bits per heavy atom. The van der Waals surface area contributed by atoms with Gasteiger partial charge in [-0.2, -0.15) is 0 Å². The lowest BCUT2D eigenvalue weighted by molar-refractivity contribution is -0.122. The van der Waals surface area contributed by atoms with Crippen LogP contribution >= 0.6 is 11.6 Å². The summed E-state index contributed by atoms with van der Waals surface area (Å²) in [6.45, 7) is 2.70. The summed E-state index contributed by atoms with van der Waals surface area (Å²) in [6.07, 6.45) is 1.70. The van der Waals surface area contributed by atoms with E-state index < -0.39 is 5.54 Å². The molecule has 0 saturated carbocycles. The highest BCUT2D eigenvalue weighted by Gasteiger charge is 2.30. The monoisotopic (exact) mass is 347 g/mol. The topological polar surface area (TPSA) is 97.8 Å². The molecule has 0 aliphatic carbocycles. The fraction of sp³-hybridized carbons (Fsp3) is 0.235. The number of halogens is 1. The number of amidine groups is 1. The van der Waals surface area contributed by atoms with Crippen molar-refractivity contribution in [2.45, 2.75) is 12.5 Å². The lowest BCUT2D eigenvalue weighted by atomic mass is 9.90. The fourth-order valence-electron chi connectivity index (χ4n) is 2.50. The van der Waals surface area contributed by atoms with Gasteiger partial charge in [0.05, 0.1) is 6.61 Å². The molecule has 1 aromatic heterocycles. The van der Waals surface area contributed by atoms with Gasteiger partial charge in [-0.05, 0) is 41.8 Å². The SMILES string of the molecule is CC1(c2cccc(-c3ccnc(Cl)c3)c2)COCC(N)=N1.O=CO. The van der Waals surface area contributed by atoms with Gasteiger partial charge in [-0.15, -0.1) is 0 Å². The van der Waals surface area contributed by atoms with Crippen molar-refractivity contribution in [3.8, 4) is 11.1 Å². The van der Waals surface area contributed by atoms with Gasteiger partial charge in [0.15, 0.2) is 0 Å². The molecule has 6 nitrogen and oxygen atoms in total. The number of hydrogen-bond acceptors (Lipinski definition) is 5. The zero-order valence-corrected chi connectivity index (χ0v) is 13.9. The van der Waals surface area contributed by atoms with Gasteiger partial charge in [0.25, 0.3) is 6.47 Å². The molecule has 0 radical (unpaired) electrons. The van der Waals surface area contributed by atoms with Crippen LogP contribution in [-0.2, 0) is 15.1 Å². The minimum atomic E-state index is -0.449. The maximum Gasteiger partial charge on any atom is 0.290 e. The van der Waals surface area contributed by atoms with Crippen molar-refractivity contribution in [2.75, 3.05) is 13.2 Å². The molecular weight excluding hydrogens is 330 g/mol. The second-order valence-corrected chi connectivity index (χ2v) is 5.81. The smallest absolute Gasteiger partial charge is 0.290 e. The molecule has 0 amide bonds. The number of nitrogens with zero attached hydrogens (tertiary/aromatic N) is 2. The van der Waals surface area contributed by atoms with Crippen molar-refractivity contribution in [3.63, 3.8) is 0 Å². The van der Waals surface area contributed by atoms with E-state index in [0.29, 0.717) is 24.2 Å². The summed E-state index contributed by atoms with van der Waals surface area (Å²) in [5.74, 6) is 0.529. The molecule has 2 aromatic rings. The van der Waals surface area contributed by atoms with Crippen LogP contribution in [0.3, 0.4) is 0 Å². The molecule has 1 aliphatic rings. The Morgan fingerprint density at radius 2 is 2.04 bits per heavy atom. The zero-order chi connectivity index (χ0) is 17.6. The molecule has 1 unspecified atom stereocenters. The van der Waals surface area contributed by atoms with Gasteiger partial charge in [0.2, 0.25) is 0 Å². The number of rotatable bonds is 2. The van der Waals surface area contributed by atoms with Crippen LogP contribution in [0.5, 0.6) is 0 Å². The third-order valence-corrected chi connectivity index (χ3v) is 3.77. The Hall–Kier alpha value is -2.44. The van der Waals surface area contributed by atoms with E-state index in [1.807, 2.05) is 37.3 Å².